The van der Waals surface area contributed by atoms with E-state index < -0.39 is 5.97 Å². The number of nitrogens with zero attached hydrogens (tertiary/aromatic N) is 3. The van der Waals surface area contributed by atoms with Crippen LogP contribution in [0.4, 0.5) is 0 Å². The van der Waals surface area contributed by atoms with Crippen LogP contribution in [-0.2, 0) is 22.4 Å². The van der Waals surface area contributed by atoms with Crippen LogP contribution < -0.4 is 0 Å². The minimum Gasteiger partial charge on any atom is -0.464 e. The molecule has 0 atom stereocenters. The molecule has 0 aliphatic carbocycles. The molecule has 0 aliphatic rings. The van der Waals surface area contributed by atoms with E-state index in [1.54, 1.807) is 4.68 Å². The number of rotatable bonds is 7. The Balaban J connectivity index is 2.60. The van der Waals surface area contributed by atoms with E-state index in [-0.39, 0.29) is 0 Å². The first-order chi connectivity index (χ1) is 8.60. The number of carbonyl (C=O) groups is 1. The number of aromatic nitrogens is 3. The molecule has 1 aromatic heterocycles. The van der Waals surface area contributed by atoms with Crippen molar-refractivity contribution in [3.05, 3.63) is 11.4 Å². The lowest BCUT2D eigenvalue weighted by Crippen LogP contribution is -2.13. The summed E-state index contributed by atoms with van der Waals surface area (Å²) in [5.74, 6) is 0.0678. The lowest BCUT2D eigenvalue weighted by atomic mass is 10.2. The zero-order chi connectivity index (χ0) is 13.5. The molecule has 0 aromatic carbocycles. The standard InChI is InChI=1S/C12H21N3O3/c1-5-10-11(12(16)17-4)13-14-15(10)6-7-18-8-9(2)3/h9H,5-8H2,1-4H3. The third-order valence-electron chi connectivity index (χ3n) is 2.45. The van der Waals surface area contributed by atoms with E-state index in [2.05, 4.69) is 28.9 Å². The summed E-state index contributed by atoms with van der Waals surface area (Å²) < 4.78 is 11.9. The van der Waals surface area contributed by atoms with Crippen LogP contribution in [0.3, 0.4) is 0 Å². The van der Waals surface area contributed by atoms with Crippen molar-refractivity contribution in [2.45, 2.75) is 33.7 Å². The van der Waals surface area contributed by atoms with Gasteiger partial charge in [-0.05, 0) is 12.3 Å². The van der Waals surface area contributed by atoms with Gasteiger partial charge in [0.25, 0.3) is 0 Å². The van der Waals surface area contributed by atoms with Crippen LogP contribution in [0.25, 0.3) is 0 Å². The van der Waals surface area contributed by atoms with Crippen molar-refractivity contribution in [3.8, 4) is 0 Å². The van der Waals surface area contributed by atoms with E-state index in [0.717, 1.165) is 12.3 Å². The largest absolute Gasteiger partial charge is 0.464 e. The second kappa shape index (κ2) is 7.10. The summed E-state index contributed by atoms with van der Waals surface area (Å²) in [7, 11) is 1.34. The van der Waals surface area contributed by atoms with Gasteiger partial charge in [-0.15, -0.1) is 5.10 Å². The van der Waals surface area contributed by atoms with Gasteiger partial charge in [-0.2, -0.15) is 0 Å². The summed E-state index contributed by atoms with van der Waals surface area (Å²) in [6.45, 7) is 8.04. The number of ether oxygens (including phenoxy) is 2. The minimum absolute atomic E-state index is 0.295. The van der Waals surface area contributed by atoms with Crippen LogP contribution in [-0.4, -0.2) is 41.3 Å². The number of hydrogen-bond acceptors (Lipinski definition) is 5. The Morgan fingerprint density at radius 2 is 2.17 bits per heavy atom. The van der Waals surface area contributed by atoms with Gasteiger partial charge < -0.3 is 9.47 Å². The maximum absolute atomic E-state index is 11.5. The average molecular weight is 255 g/mol. The zero-order valence-electron chi connectivity index (χ0n) is 11.5. The predicted octanol–water partition coefficient (Wildman–Crippen LogP) is 1.30. The van der Waals surface area contributed by atoms with Crippen LogP contribution in [0.5, 0.6) is 0 Å². The molecule has 102 valence electrons. The van der Waals surface area contributed by atoms with Crippen molar-refractivity contribution >= 4 is 5.97 Å². The second-order valence-electron chi connectivity index (χ2n) is 4.42. The van der Waals surface area contributed by atoms with E-state index in [1.165, 1.54) is 7.11 Å². The fourth-order valence-corrected chi connectivity index (χ4v) is 1.59. The number of carbonyl (C=O) groups excluding carboxylic acids is 1. The molecule has 1 rings (SSSR count). The Kier molecular flexibility index (Phi) is 5.77. The van der Waals surface area contributed by atoms with Crippen molar-refractivity contribution in [2.75, 3.05) is 20.3 Å². The summed E-state index contributed by atoms with van der Waals surface area (Å²) in [5.41, 5.74) is 1.08. The Labute approximate surface area is 107 Å². The fourth-order valence-electron chi connectivity index (χ4n) is 1.59. The van der Waals surface area contributed by atoms with Crippen molar-refractivity contribution in [1.29, 1.82) is 0 Å². The normalized spacial score (nSPS) is 10.9. The molecule has 6 nitrogen and oxygen atoms in total. The molecule has 6 heteroatoms. The number of hydrogen-bond donors (Lipinski definition) is 0. The van der Waals surface area contributed by atoms with E-state index in [4.69, 9.17) is 4.74 Å². The third-order valence-corrected chi connectivity index (χ3v) is 2.45. The summed E-state index contributed by atoms with van der Waals surface area (Å²) in [6.07, 6.45) is 0.682. The van der Waals surface area contributed by atoms with Crippen molar-refractivity contribution in [2.24, 2.45) is 5.92 Å². The van der Waals surface area contributed by atoms with Crippen LogP contribution in [0.2, 0.25) is 0 Å². The van der Waals surface area contributed by atoms with Crippen LogP contribution in [0.15, 0.2) is 0 Å². The molecule has 0 fully saturated rings. The van der Waals surface area contributed by atoms with Crippen LogP contribution in [0.1, 0.15) is 37.0 Å². The average Bonchev–Trinajstić information content (AvgIpc) is 2.76. The van der Waals surface area contributed by atoms with Gasteiger partial charge in [0, 0.05) is 6.61 Å². The van der Waals surface area contributed by atoms with E-state index >= 15 is 0 Å². The maximum atomic E-state index is 11.5. The van der Waals surface area contributed by atoms with Gasteiger partial charge in [0.15, 0.2) is 5.69 Å². The molecule has 18 heavy (non-hydrogen) atoms. The molecule has 0 N–H and O–H groups in total. The van der Waals surface area contributed by atoms with Crippen LogP contribution >= 0.6 is 0 Å². The first kappa shape index (κ1) is 14.6. The fraction of sp³-hybridized carbons (Fsp3) is 0.750. The highest BCUT2D eigenvalue weighted by molar-refractivity contribution is 5.88. The Bertz CT molecular complexity index is 388. The van der Waals surface area contributed by atoms with Crippen molar-refractivity contribution < 1.29 is 14.3 Å². The highest BCUT2D eigenvalue weighted by atomic mass is 16.5. The van der Waals surface area contributed by atoms with Crippen LogP contribution in [0, 0.1) is 5.92 Å². The number of esters is 1. The van der Waals surface area contributed by atoms with Crippen molar-refractivity contribution in [3.63, 3.8) is 0 Å². The Hall–Kier alpha value is -1.43. The van der Waals surface area contributed by atoms with Crippen molar-refractivity contribution in [1.82, 2.24) is 15.0 Å². The molecule has 1 heterocycles. The molecule has 0 saturated heterocycles. The van der Waals surface area contributed by atoms with Gasteiger partial charge in [-0.1, -0.05) is 26.0 Å². The minimum atomic E-state index is -0.443. The summed E-state index contributed by atoms with van der Waals surface area (Å²) >= 11 is 0. The molecular formula is C12H21N3O3. The summed E-state index contributed by atoms with van der Waals surface area (Å²) in [6, 6.07) is 0. The lowest BCUT2D eigenvalue weighted by Gasteiger charge is -2.08. The SMILES string of the molecule is CCc1c(C(=O)OC)nnn1CCOCC(C)C. The van der Waals surface area contributed by atoms with Gasteiger partial charge in [-0.3, -0.25) is 0 Å². The molecule has 0 spiro atoms. The van der Waals surface area contributed by atoms with E-state index in [9.17, 15) is 4.79 Å². The van der Waals surface area contributed by atoms with Gasteiger partial charge >= 0.3 is 5.97 Å². The molecule has 0 aliphatic heterocycles. The molecular weight excluding hydrogens is 234 g/mol. The molecule has 0 unspecified atom stereocenters. The van der Waals surface area contributed by atoms with Gasteiger partial charge in [0.05, 0.1) is 26.0 Å². The second-order valence-corrected chi connectivity index (χ2v) is 4.42. The smallest absolute Gasteiger partial charge is 0.360 e. The predicted molar refractivity (Wildman–Crippen MR) is 66.4 cm³/mol. The zero-order valence-corrected chi connectivity index (χ0v) is 11.5. The topological polar surface area (TPSA) is 66.2 Å². The Morgan fingerprint density at radius 1 is 1.44 bits per heavy atom. The molecule has 1 aromatic rings. The molecule has 0 saturated carbocycles. The molecule has 0 amide bonds. The summed E-state index contributed by atoms with van der Waals surface area (Å²) in [4.78, 5) is 11.5. The lowest BCUT2D eigenvalue weighted by molar-refractivity contribution is 0.0592. The Morgan fingerprint density at radius 3 is 2.72 bits per heavy atom. The van der Waals surface area contributed by atoms with Gasteiger partial charge in [0.1, 0.15) is 0 Å². The quantitative estimate of drug-likeness (QED) is 0.542. The molecule has 0 radical (unpaired) electrons. The third kappa shape index (κ3) is 3.80. The van der Waals surface area contributed by atoms with Gasteiger partial charge in [0.2, 0.25) is 0 Å². The highest BCUT2D eigenvalue weighted by Crippen LogP contribution is 2.08. The number of methoxy groups -OCH3 is 1. The van der Waals surface area contributed by atoms with E-state index in [0.29, 0.717) is 31.2 Å². The molecule has 0 bridgehead atoms. The first-order valence-corrected chi connectivity index (χ1v) is 6.18. The first-order valence-electron chi connectivity index (χ1n) is 6.18. The highest BCUT2D eigenvalue weighted by Gasteiger charge is 2.18. The summed E-state index contributed by atoms with van der Waals surface area (Å²) in [5, 5.41) is 7.81. The maximum Gasteiger partial charge on any atom is 0.360 e. The monoisotopic (exact) mass is 255 g/mol. The van der Waals surface area contributed by atoms with E-state index in [1.807, 2.05) is 6.92 Å². The van der Waals surface area contributed by atoms with Gasteiger partial charge in [-0.25, -0.2) is 9.48 Å².